The van der Waals surface area contributed by atoms with Crippen LogP contribution in [0.2, 0.25) is 0 Å². The van der Waals surface area contributed by atoms with Gasteiger partial charge < -0.3 is 10.1 Å². The molecule has 0 fully saturated rings. The van der Waals surface area contributed by atoms with Crippen molar-refractivity contribution >= 4 is 38.4 Å². The van der Waals surface area contributed by atoms with E-state index in [0.717, 1.165) is 5.56 Å². The van der Waals surface area contributed by atoms with Gasteiger partial charge in [-0.3, -0.25) is 9.59 Å². The smallest absolute Gasteiger partial charge is 0.311 e. The minimum absolute atomic E-state index is 0.0376. The number of nitrogens with zero attached hydrogens (tertiary/aromatic N) is 1. The van der Waals surface area contributed by atoms with Gasteiger partial charge in [-0.1, -0.05) is 17.7 Å². The maximum atomic E-state index is 12.4. The Bertz CT molecular complexity index is 954. The van der Waals surface area contributed by atoms with Crippen molar-refractivity contribution in [3.8, 4) is 0 Å². The van der Waals surface area contributed by atoms with Gasteiger partial charge in [0.15, 0.2) is 5.13 Å². The van der Waals surface area contributed by atoms with E-state index in [1.165, 1.54) is 11.3 Å². The number of carbonyl (C=O) groups excluding carboxylic acids is 2. The molecule has 1 aromatic heterocycles. The highest BCUT2D eigenvalue weighted by molar-refractivity contribution is 7.89. The number of nitrogens with one attached hydrogen (secondary N) is 2. The summed E-state index contributed by atoms with van der Waals surface area (Å²) in [5.74, 6) is -0.758. The number of esters is 1. The number of carbonyl (C=O) groups is 2. The predicted molar refractivity (Wildman–Crippen MR) is 107 cm³/mol. The van der Waals surface area contributed by atoms with E-state index in [1.807, 2.05) is 6.92 Å². The normalized spacial score (nSPS) is 11.2. The lowest BCUT2D eigenvalue weighted by atomic mass is 10.2. The van der Waals surface area contributed by atoms with Gasteiger partial charge in [0.1, 0.15) is 0 Å². The molecular weight excluding hydrogens is 402 g/mol. The zero-order valence-electron chi connectivity index (χ0n) is 15.9. The largest absolute Gasteiger partial charge is 0.466 e. The first-order chi connectivity index (χ1) is 13.2. The third kappa shape index (κ3) is 6.39. The van der Waals surface area contributed by atoms with Crippen molar-refractivity contribution in [3.63, 3.8) is 0 Å². The molecule has 1 aromatic carbocycles. The Balaban J connectivity index is 1.84. The van der Waals surface area contributed by atoms with E-state index in [2.05, 4.69) is 15.0 Å². The van der Waals surface area contributed by atoms with E-state index in [9.17, 15) is 18.0 Å². The SMILES string of the molecule is CCOC(=O)Cc1csc(NC(=O)CCNS(=O)(=O)c2ccc(C)cc2C)n1. The molecule has 2 rings (SSSR count). The number of benzene rings is 1. The Morgan fingerprint density at radius 2 is 2.00 bits per heavy atom. The van der Waals surface area contributed by atoms with Gasteiger partial charge in [0.2, 0.25) is 15.9 Å². The van der Waals surface area contributed by atoms with Crippen molar-refractivity contribution in [2.24, 2.45) is 0 Å². The Labute approximate surface area is 168 Å². The van der Waals surface area contributed by atoms with Gasteiger partial charge in [-0.25, -0.2) is 18.1 Å². The van der Waals surface area contributed by atoms with Crippen molar-refractivity contribution < 1.29 is 22.7 Å². The molecule has 1 amide bonds. The second kappa shape index (κ2) is 9.76. The fourth-order valence-corrected chi connectivity index (χ4v) is 4.45. The van der Waals surface area contributed by atoms with Crippen LogP contribution in [0.5, 0.6) is 0 Å². The Morgan fingerprint density at radius 3 is 2.68 bits per heavy atom. The first kappa shape index (κ1) is 22.0. The molecule has 0 bridgehead atoms. The third-order valence-electron chi connectivity index (χ3n) is 3.69. The summed E-state index contributed by atoms with van der Waals surface area (Å²) in [6.07, 6.45) is -0.00710. The van der Waals surface area contributed by atoms with Crippen LogP contribution in [0.4, 0.5) is 5.13 Å². The van der Waals surface area contributed by atoms with Gasteiger partial charge in [0, 0.05) is 18.3 Å². The average molecular weight is 426 g/mol. The number of thiazole rings is 1. The molecule has 0 spiro atoms. The molecule has 2 N–H and O–H groups in total. The molecule has 0 aliphatic rings. The number of anilines is 1. The zero-order chi connectivity index (χ0) is 20.7. The monoisotopic (exact) mass is 425 g/mol. The van der Waals surface area contributed by atoms with Gasteiger partial charge in [-0.05, 0) is 32.4 Å². The van der Waals surface area contributed by atoms with E-state index in [-0.39, 0.29) is 36.2 Å². The lowest BCUT2D eigenvalue weighted by Gasteiger charge is -2.09. The highest BCUT2D eigenvalue weighted by Gasteiger charge is 2.17. The summed E-state index contributed by atoms with van der Waals surface area (Å²) >= 11 is 1.19. The fourth-order valence-electron chi connectivity index (χ4n) is 2.46. The summed E-state index contributed by atoms with van der Waals surface area (Å²) in [5, 5.41) is 4.60. The summed E-state index contributed by atoms with van der Waals surface area (Å²) in [4.78, 5) is 27.8. The molecule has 10 heteroatoms. The second-order valence-electron chi connectivity index (χ2n) is 6.09. The molecule has 1 heterocycles. The summed E-state index contributed by atoms with van der Waals surface area (Å²) in [6.45, 7) is 5.59. The first-order valence-electron chi connectivity index (χ1n) is 8.68. The van der Waals surface area contributed by atoms with Crippen molar-refractivity contribution in [1.29, 1.82) is 0 Å². The van der Waals surface area contributed by atoms with E-state index in [0.29, 0.717) is 23.0 Å². The minimum Gasteiger partial charge on any atom is -0.466 e. The minimum atomic E-state index is -3.69. The Morgan fingerprint density at radius 1 is 1.25 bits per heavy atom. The van der Waals surface area contributed by atoms with Gasteiger partial charge in [-0.2, -0.15) is 0 Å². The second-order valence-corrected chi connectivity index (χ2v) is 8.68. The summed E-state index contributed by atoms with van der Waals surface area (Å²) in [5.41, 5.74) is 2.13. The molecule has 0 aliphatic carbocycles. The maximum absolute atomic E-state index is 12.4. The molecule has 0 unspecified atom stereocenters. The molecule has 152 valence electrons. The highest BCUT2D eigenvalue weighted by atomic mass is 32.2. The van der Waals surface area contributed by atoms with E-state index in [4.69, 9.17) is 4.74 Å². The molecule has 0 atom stereocenters. The zero-order valence-corrected chi connectivity index (χ0v) is 17.6. The quantitative estimate of drug-likeness (QED) is 0.595. The van der Waals surface area contributed by atoms with Crippen LogP contribution in [0, 0.1) is 13.8 Å². The van der Waals surface area contributed by atoms with Crippen LogP contribution in [-0.2, 0) is 30.8 Å². The average Bonchev–Trinajstić information content (AvgIpc) is 3.01. The van der Waals surface area contributed by atoms with Gasteiger partial charge in [0.05, 0.1) is 23.6 Å². The summed E-state index contributed by atoms with van der Waals surface area (Å²) < 4.78 is 32.0. The molecule has 28 heavy (non-hydrogen) atoms. The number of ether oxygens (including phenoxy) is 1. The Hall–Kier alpha value is -2.30. The van der Waals surface area contributed by atoms with E-state index >= 15 is 0 Å². The van der Waals surface area contributed by atoms with Crippen LogP contribution in [-0.4, -0.2) is 38.4 Å². The molecule has 0 aliphatic heterocycles. The highest BCUT2D eigenvalue weighted by Crippen LogP contribution is 2.17. The number of sulfonamides is 1. The third-order valence-corrected chi connectivity index (χ3v) is 6.12. The standard InChI is InChI=1S/C18H23N3O5S2/c1-4-26-17(23)10-14-11-27-18(20-14)21-16(22)7-8-19-28(24,25)15-6-5-12(2)9-13(15)3/h5-6,9,11,19H,4,7-8,10H2,1-3H3,(H,20,21,22). The number of amides is 1. The number of hydrogen-bond donors (Lipinski definition) is 2. The number of rotatable bonds is 9. The number of aromatic nitrogens is 1. The van der Waals surface area contributed by atoms with Crippen LogP contribution in [0.15, 0.2) is 28.5 Å². The van der Waals surface area contributed by atoms with Crippen molar-refractivity contribution in [2.75, 3.05) is 18.5 Å². The Kier molecular flexibility index (Phi) is 7.67. The topological polar surface area (TPSA) is 114 Å². The lowest BCUT2D eigenvalue weighted by molar-refractivity contribution is -0.142. The van der Waals surface area contributed by atoms with Crippen LogP contribution in [0.1, 0.15) is 30.2 Å². The van der Waals surface area contributed by atoms with E-state index in [1.54, 1.807) is 37.4 Å². The fraction of sp³-hybridized carbons (Fsp3) is 0.389. The van der Waals surface area contributed by atoms with Crippen molar-refractivity contribution in [2.45, 2.75) is 38.5 Å². The molecule has 2 aromatic rings. The molecule has 0 saturated heterocycles. The van der Waals surface area contributed by atoms with Gasteiger partial charge >= 0.3 is 5.97 Å². The van der Waals surface area contributed by atoms with E-state index < -0.39 is 10.0 Å². The molecular formula is C18H23N3O5S2. The number of hydrogen-bond acceptors (Lipinski definition) is 7. The molecule has 0 radical (unpaired) electrons. The number of aryl methyl sites for hydroxylation is 2. The van der Waals surface area contributed by atoms with Gasteiger partial charge in [-0.15, -0.1) is 11.3 Å². The van der Waals surface area contributed by atoms with Crippen molar-refractivity contribution in [3.05, 3.63) is 40.4 Å². The first-order valence-corrected chi connectivity index (χ1v) is 11.0. The summed E-state index contributed by atoms with van der Waals surface area (Å²) in [6, 6.07) is 5.07. The lowest BCUT2D eigenvalue weighted by Crippen LogP contribution is -2.28. The predicted octanol–water partition coefficient (Wildman–Crippen LogP) is 2.17. The van der Waals surface area contributed by atoms with Crippen molar-refractivity contribution in [1.82, 2.24) is 9.71 Å². The maximum Gasteiger partial charge on any atom is 0.311 e. The van der Waals surface area contributed by atoms with Crippen LogP contribution in [0.25, 0.3) is 0 Å². The molecule has 0 saturated carbocycles. The van der Waals surface area contributed by atoms with Crippen LogP contribution >= 0.6 is 11.3 Å². The van der Waals surface area contributed by atoms with Crippen LogP contribution in [0.3, 0.4) is 0 Å². The van der Waals surface area contributed by atoms with Gasteiger partial charge in [0.25, 0.3) is 0 Å². The summed E-state index contributed by atoms with van der Waals surface area (Å²) in [7, 11) is -3.69. The molecule has 8 nitrogen and oxygen atoms in total. The van der Waals surface area contributed by atoms with Crippen LogP contribution < -0.4 is 10.0 Å².